The number of hydrogen-bond acceptors (Lipinski definition) is 4. The fourth-order valence-electron chi connectivity index (χ4n) is 1.68. The number of sulfone groups is 1. The summed E-state index contributed by atoms with van der Waals surface area (Å²) in [5, 5.41) is 10.9. The highest BCUT2D eigenvalue weighted by molar-refractivity contribution is 7.91. The zero-order valence-corrected chi connectivity index (χ0v) is 11.9. The molecule has 0 saturated heterocycles. The second-order valence-electron chi connectivity index (χ2n) is 4.21. The lowest BCUT2D eigenvalue weighted by atomic mass is 10.2. The summed E-state index contributed by atoms with van der Waals surface area (Å²) >= 11 is 0. The number of aliphatic carboxylic acids is 1. The first kappa shape index (κ1) is 16.2. The Morgan fingerprint density at radius 3 is 2.50 bits per heavy atom. The van der Waals surface area contributed by atoms with Gasteiger partial charge in [-0.2, -0.15) is 0 Å². The van der Waals surface area contributed by atoms with Gasteiger partial charge in [-0.25, -0.2) is 8.42 Å². The number of carboxylic acids is 1. The average Bonchev–Trinajstić information content (AvgIpc) is 2.38. The number of nitrogens with one attached hydrogen (secondary N) is 1. The van der Waals surface area contributed by atoms with E-state index in [2.05, 4.69) is 5.32 Å². The van der Waals surface area contributed by atoms with E-state index in [1.165, 1.54) is 12.1 Å². The van der Waals surface area contributed by atoms with Crippen LogP contribution in [0, 0.1) is 0 Å². The van der Waals surface area contributed by atoms with Crippen LogP contribution in [0.4, 0.5) is 0 Å². The molecule has 0 aromatic heterocycles. The molecule has 0 bridgehead atoms. The van der Waals surface area contributed by atoms with Gasteiger partial charge in [-0.1, -0.05) is 19.1 Å². The minimum atomic E-state index is -3.50. The quantitative estimate of drug-likeness (QED) is 0.784. The normalized spacial score (nSPS) is 11.1. The van der Waals surface area contributed by atoms with Crippen LogP contribution in [0.25, 0.3) is 0 Å². The van der Waals surface area contributed by atoms with E-state index < -0.39 is 21.7 Å². The largest absolute Gasteiger partial charge is 0.481 e. The number of carbonyl (C=O) groups excluding carboxylic acids is 1. The van der Waals surface area contributed by atoms with Crippen LogP contribution in [0.5, 0.6) is 0 Å². The Morgan fingerprint density at radius 1 is 1.25 bits per heavy atom. The highest BCUT2D eigenvalue weighted by Gasteiger charge is 2.21. The molecule has 0 saturated carbocycles. The monoisotopic (exact) mass is 299 g/mol. The SMILES string of the molecule is CCCS(=O)(=O)c1ccccc1C(=O)NCCC(=O)O. The van der Waals surface area contributed by atoms with Crippen molar-refractivity contribution in [1.82, 2.24) is 5.32 Å². The minimum Gasteiger partial charge on any atom is -0.481 e. The lowest BCUT2D eigenvalue weighted by Gasteiger charge is -2.10. The minimum absolute atomic E-state index is 0.0188. The number of carbonyl (C=O) groups is 2. The third-order valence-corrected chi connectivity index (χ3v) is 4.54. The fourth-order valence-corrected chi connectivity index (χ4v) is 3.22. The van der Waals surface area contributed by atoms with Crippen LogP contribution in [0.3, 0.4) is 0 Å². The van der Waals surface area contributed by atoms with E-state index in [0.29, 0.717) is 6.42 Å². The molecule has 20 heavy (non-hydrogen) atoms. The molecule has 7 heteroatoms. The third kappa shape index (κ3) is 4.34. The molecule has 0 aliphatic carbocycles. The number of carboxylic acid groups (broad SMARTS) is 1. The summed E-state index contributed by atoms with van der Waals surface area (Å²) in [5.41, 5.74) is 0.0475. The molecule has 0 atom stereocenters. The Hall–Kier alpha value is -1.89. The highest BCUT2D eigenvalue weighted by Crippen LogP contribution is 2.17. The molecule has 0 radical (unpaired) electrons. The van der Waals surface area contributed by atoms with Crippen LogP contribution in [-0.2, 0) is 14.6 Å². The van der Waals surface area contributed by atoms with Crippen LogP contribution in [0.15, 0.2) is 29.2 Å². The van der Waals surface area contributed by atoms with E-state index in [1.54, 1.807) is 19.1 Å². The van der Waals surface area contributed by atoms with E-state index in [-0.39, 0.29) is 29.2 Å². The van der Waals surface area contributed by atoms with Crippen LogP contribution < -0.4 is 5.32 Å². The van der Waals surface area contributed by atoms with Crippen LogP contribution in [-0.4, -0.2) is 37.7 Å². The first-order valence-electron chi connectivity index (χ1n) is 6.20. The molecule has 0 fully saturated rings. The zero-order chi connectivity index (χ0) is 15.2. The molecule has 1 aromatic rings. The van der Waals surface area contributed by atoms with E-state index in [4.69, 9.17) is 5.11 Å². The predicted octanol–water partition coefficient (Wildman–Crippen LogP) is 1.07. The Balaban J connectivity index is 2.96. The number of hydrogen-bond donors (Lipinski definition) is 2. The maximum absolute atomic E-state index is 12.1. The van der Waals surface area contributed by atoms with Crippen molar-refractivity contribution in [3.63, 3.8) is 0 Å². The first-order chi connectivity index (χ1) is 9.38. The average molecular weight is 299 g/mol. The van der Waals surface area contributed by atoms with Gasteiger partial charge in [0, 0.05) is 6.54 Å². The number of benzene rings is 1. The molecule has 0 spiro atoms. The van der Waals surface area contributed by atoms with Gasteiger partial charge in [0.2, 0.25) is 0 Å². The molecule has 0 unspecified atom stereocenters. The third-order valence-electron chi connectivity index (χ3n) is 2.56. The van der Waals surface area contributed by atoms with Gasteiger partial charge in [0.1, 0.15) is 0 Å². The Morgan fingerprint density at radius 2 is 1.90 bits per heavy atom. The second kappa shape index (κ2) is 7.04. The Labute approximate surface area is 117 Å². The van der Waals surface area contributed by atoms with E-state index >= 15 is 0 Å². The maximum atomic E-state index is 12.1. The number of amides is 1. The van der Waals surface area contributed by atoms with E-state index in [0.717, 1.165) is 0 Å². The molecule has 110 valence electrons. The fraction of sp³-hybridized carbons (Fsp3) is 0.385. The van der Waals surface area contributed by atoms with Crippen molar-refractivity contribution in [1.29, 1.82) is 0 Å². The van der Waals surface area contributed by atoms with Crippen molar-refractivity contribution in [3.05, 3.63) is 29.8 Å². The van der Waals surface area contributed by atoms with Gasteiger partial charge in [-0.15, -0.1) is 0 Å². The van der Waals surface area contributed by atoms with Crippen molar-refractivity contribution in [2.75, 3.05) is 12.3 Å². The van der Waals surface area contributed by atoms with Crippen LogP contribution >= 0.6 is 0 Å². The second-order valence-corrected chi connectivity index (χ2v) is 6.29. The van der Waals surface area contributed by atoms with Gasteiger partial charge in [0.15, 0.2) is 9.84 Å². The van der Waals surface area contributed by atoms with E-state index in [9.17, 15) is 18.0 Å². The van der Waals surface area contributed by atoms with Gasteiger partial charge >= 0.3 is 5.97 Å². The number of rotatable bonds is 7. The molecule has 0 aliphatic heterocycles. The lowest BCUT2D eigenvalue weighted by molar-refractivity contribution is -0.136. The maximum Gasteiger partial charge on any atom is 0.305 e. The molecule has 6 nitrogen and oxygen atoms in total. The van der Waals surface area contributed by atoms with Gasteiger partial charge in [0.05, 0.1) is 22.6 Å². The molecule has 2 N–H and O–H groups in total. The van der Waals surface area contributed by atoms with E-state index in [1.807, 2.05) is 0 Å². The van der Waals surface area contributed by atoms with Crippen LogP contribution in [0.2, 0.25) is 0 Å². The van der Waals surface area contributed by atoms with Gasteiger partial charge in [0.25, 0.3) is 5.91 Å². The summed E-state index contributed by atoms with van der Waals surface area (Å²) in [6.45, 7) is 1.70. The molecule has 1 aromatic carbocycles. The molecule has 0 heterocycles. The summed E-state index contributed by atoms with van der Waals surface area (Å²) in [6.07, 6.45) is 0.243. The van der Waals surface area contributed by atoms with Crippen molar-refractivity contribution >= 4 is 21.7 Å². The van der Waals surface area contributed by atoms with Crippen molar-refractivity contribution in [2.24, 2.45) is 0 Å². The molecule has 1 amide bonds. The standard InChI is InChI=1S/C13H17NO5S/c1-2-9-20(18,19)11-6-4-3-5-10(11)13(17)14-8-7-12(15)16/h3-6H,2,7-9H2,1H3,(H,14,17)(H,15,16). The first-order valence-corrected chi connectivity index (χ1v) is 7.85. The summed E-state index contributed by atoms with van der Waals surface area (Å²) in [7, 11) is -3.50. The molecular formula is C13H17NO5S. The molecular weight excluding hydrogens is 282 g/mol. The molecule has 1 rings (SSSR count). The van der Waals surface area contributed by atoms with Gasteiger partial charge in [-0.05, 0) is 18.6 Å². The van der Waals surface area contributed by atoms with Crippen LogP contribution in [0.1, 0.15) is 30.1 Å². The van der Waals surface area contributed by atoms with Crippen molar-refractivity contribution < 1.29 is 23.1 Å². The lowest BCUT2D eigenvalue weighted by Crippen LogP contribution is -2.27. The van der Waals surface area contributed by atoms with Gasteiger partial charge in [-0.3, -0.25) is 9.59 Å². The predicted molar refractivity (Wildman–Crippen MR) is 73.4 cm³/mol. The highest BCUT2D eigenvalue weighted by atomic mass is 32.2. The van der Waals surface area contributed by atoms with Gasteiger partial charge < -0.3 is 10.4 Å². The molecule has 0 aliphatic rings. The van der Waals surface area contributed by atoms with Crippen molar-refractivity contribution in [3.8, 4) is 0 Å². The Bertz CT molecular complexity index is 595. The topological polar surface area (TPSA) is 101 Å². The summed E-state index contributed by atoms with van der Waals surface area (Å²) in [6, 6.07) is 5.92. The van der Waals surface area contributed by atoms with Crippen molar-refractivity contribution in [2.45, 2.75) is 24.7 Å². The Kier molecular flexibility index (Phi) is 5.69. The zero-order valence-electron chi connectivity index (χ0n) is 11.1. The summed E-state index contributed by atoms with van der Waals surface area (Å²) in [5.74, 6) is -1.65. The smallest absolute Gasteiger partial charge is 0.305 e. The summed E-state index contributed by atoms with van der Waals surface area (Å²) < 4.78 is 24.1. The summed E-state index contributed by atoms with van der Waals surface area (Å²) in [4.78, 5) is 22.3.